The van der Waals surface area contributed by atoms with Crippen molar-refractivity contribution in [2.24, 2.45) is 0 Å². The van der Waals surface area contributed by atoms with Gasteiger partial charge in [0.05, 0.1) is 19.2 Å². The molecule has 4 heteroatoms. The highest BCUT2D eigenvalue weighted by atomic mass is 35.5. The molecule has 0 amide bonds. The monoisotopic (exact) mass is 271 g/mol. The summed E-state index contributed by atoms with van der Waals surface area (Å²) in [5.41, 5.74) is 1.03. The smallest absolute Gasteiger partial charge is 0.179 e. The Balaban J connectivity index is 2.61. The SMILES string of the molecule is CCCCCNCc1ccc(OC)c(OC)c1Cl. The number of hydrogen-bond donors (Lipinski definition) is 1. The fourth-order valence-electron chi connectivity index (χ4n) is 1.79. The highest BCUT2D eigenvalue weighted by Gasteiger charge is 2.12. The lowest BCUT2D eigenvalue weighted by Gasteiger charge is -2.13. The number of benzene rings is 1. The third kappa shape index (κ3) is 4.07. The molecule has 1 aromatic carbocycles. The standard InChI is InChI=1S/C14H22ClNO2/c1-4-5-6-9-16-10-11-7-8-12(17-2)14(18-3)13(11)15/h7-8,16H,4-6,9-10H2,1-3H3. The van der Waals surface area contributed by atoms with Gasteiger partial charge in [-0.25, -0.2) is 0 Å². The van der Waals surface area contributed by atoms with Crippen LogP contribution in [0.5, 0.6) is 11.5 Å². The molecule has 0 bridgehead atoms. The molecule has 0 aliphatic carbocycles. The van der Waals surface area contributed by atoms with Crippen LogP contribution in [0.15, 0.2) is 12.1 Å². The fraction of sp³-hybridized carbons (Fsp3) is 0.571. The van der Waals surface area contributed by atoms with E-state index < -0.39 is 0 Å². The molecular formula is C14H22ClNO2. The minimum atomic E-state index is 0.604. The Morgan fingerprint density at radius 3 is 2.56 bits per heavy atom. The quantitative estimate of drug-likeness (QED) is 0.733. The number of unbranched alkanes of at least 4 members (excludes halogenated alkanes) is 2. The van der Waals surface area contributed by atoms with Crippen molar-refractivity contribution in [1.82, 2.24) is 5.32 Å². The van der Waals surface area contributed by atoms with Crippen LogP contribution >= 0.6 is 11.6 Å². The van der Waals surface area contributed by atoms with Gasteiger partial charge in [0, 0.05) is 6.54 Å². The minimum absolute atomic E-state index is 0.604. The summed E-state index contributed by atoms with van der Waals surface area (Å²) < 4.78 is 10.5. The van der Waals surface area contributed by atoms with E-state index >= 15 is 0 Å². The average molecular weight is 272 g/mol. The van der Waals surface area contributed by atoms with Crippen LogP contribution in [0.2, 0.25) is 5.02 Å². The van der Waals surface area contributed by atoms with Crippen LogP contribution in [0.3, 0.4) is 0 Å². The first kappa shape index (κ1) is 15.1. The lowest BCUT2D eigenvalue weighted by Crippen LogP contribution is -2.15. The van der Waals surface area contributed by atoms with Gasteiger partial charge in [0.2, 0.25) is 0 Å². The maximum absolute atomic E-state index is 6.29. The number of nitrogens with one attached hydrogen (secondary N) is 1. The van der Waals surface area contributed by atoms with Crippen LogP contribution in [0.4, 0.5) is 0 Å². The van der Waals surface area contributed by atoms with Gasteiger partial charge in [-0.15, -0.1) is 0 Å². The summed E-state index contributed by atoms with van der Waals surface area (Å²) in [6.07, 6.45) is 3.69. The molecule has 0 saturated heterocycles. The van der Waals surface area contributed by atoms with Gasteiger partial charge < -0.3 is 14.8 Å². The molecular weight excluding hydrogens is 250 g/mol. The predicted molar refractivity (Wildman–Crippen MR) is 75.8 cm³/mol. The van der Waals surface area contributed by atoms with Crippen molar-refractivity contribution >= 4 is 11.6 Å². The summed E-state index contributed by atoms with van der Waals surface area (Å²) >= 11 is 6.29. The highest BCUT2D eigenvalue weighted by molar-refractivity contribution is 6.33. The Bertz CT molecular complexity index is 369. The predicted octanol–water partition coefficient (Wildman–Crippen LogP) is 3.64. The molecule has 0 atom stereocenters. The molecule has 0 heterocycles. The molecule has 0 aliphatic heterocycles. The number of methoxy groups -OCH3 is 2. The Kier molecular flexibility index (Phi) is 6.91. The fourth-order valence-corrected chi connectivity index (χ4v) is 2.09. The van der Waals surface area contributed by atoms with Gasteiger partial charge in [-0.3, -0.25) is 0 Å². The zero-order chi connectivity index (χ0) is 13.4. The van der Waals surface area contributed by atoms with Gasteiger partial charge in [-0.05, 0) is 24.6 Å². The van der Waals surface area contributed by atoms with Crippen molar-refractivity contribution in [1.29, 1.82) is 0 Å². The van der Waals surface area contributed by atoms with Crippen LogP contribution in [0.25, 0.3) is 0 Å². The number of rotatable bonds is 8. The van der Waals surface area contributed by atoms with E-state index in [0.717, 1.165) is 18.7 Å². The summed E-state index contributed by atoms with van der Waals surface area (Å²) in [7, 11) is 3.21. The summed E-state index contributed by atoms with van der Waals surface area (Å²) in [5, 5.41) is 4.01. The van der Waals surface area contributed by atoms with Crippen LogP contribution in [-0.4, -0.2) is 20.8 Å². The van der Waals surface area contributed by atoms with Gasteiger partial charge >= 0.3 is 0 Å². The van der Waals surface area contributed by atoms with E-state index in [1.54, 1.807) is 14.2 Å². The van der Waals surface area contributed by atoms with Crippen molar-refractivity contribution < 1.29 is 9.47 Å². The third-order valence-electron chi connectivity index (χ3n) is 2.84. The van der Waals surface area contributed by atoms with Gasteiger partial charge in [-0.2, -0.15) is 0 Å². The molecule has 0 unspecified atom stereocenters. The van der Waals surface area contributed by atoms with Crippen molar-refractivity contribution in [2.45, 2.75) is 32.7 Å². The number of ether oxygens (including phenoxy) is 2. The molecule has 1 aromatic rings. The van der Waals surface area contributed by atoms with Crippen LogP contribution in [-0.2, 0) is 6.54 Å². The van der Waals surface area contributed by atoms with E-state index in [9.17, 15) is 0 Å². The minimum Gasteiger partial charge on any atom is -0.493 e. The van der Waals surface area contributed by atoms with E-state index in [4.69, 9.17) is 21.1 Å². The van der Waals surface area contributed by atoms with E-state index in [2.05, 4.69) is 12.2 Å². The van der Waals surface area contributed by atoms with E-state index in [0.29, 0.717) is 16.5 Å². The van der Waals surface area contributed by atoms with Crippen molar-refractivity contribution in [3.63, 3.8) is 0 Å². The van der Waals surface area contributed by atoms with Crippen LogP contribution < -0.4 is 14.8 Å². The molecule has 18 heavy (non-hydrogen) atoms. The lowest BCUT2D eigenvalue weighted by atomic mass is 10.2. The van der Waals surface area contributed by atoms with E-state index in [1.807, 2.05) is 12.1 Å². The van der Waals surface area contributed by atoms with Gasteiger partial charge in [-0.1, -0.05) is 37.4 Å². The molecule has 0 aliphatic rings. The number of halogens is 1. The highest BCUT2D eigenvalue weighted by Crippen LogP contribution is 2.37. The Labute approximate surface area is 114 Å². The van der Waals surface area contributed by atoms with E-state index in [-0.39, 0.29) is 0 Å². The van der Waals surface area contributed by atoms with Crippen molar-refractivity contribution in [3.05, 3.63) is 22.7 Å². The number of hydrogen-bond acceptors (Lipinski definition) is 3. The van der Waals surface area contributed by atoms with Crippen LogP contribution in [0.1, 0.15) is 31.7 Å². The Morgan fingerprint density at radius 1 is 1.17 bits per heavy atom. The maximum Gasteiger partial charge on any atom is 0.179 e. The molecule has 3 nitrogen and oxygen atoms in total. The van der Waals surface area contributed by atoms with Crippen LogP contribution in [0, 0.1) is 0 Å². The Morgan fingerprint density at radius 2 is 1.94 bits per heavy atom. The zero-order valence-electron chi connectivity index (χ0n) is 11.4. The first-order valence-electron chi connectivity index (χ1n) is 6.34. The largest absolute Gasteiger partial charge is 0.493 e. The molecule has 1 N–H and O–H groups in total. The maximum atomic E-state index is 6.29. The second-order valence-corrected chi connectivity index (χ2v) is 4.54. The van der Waals surface area contributed by atoms with Crippen molar-refractivity contribution in [2.75, 3.05) is 20.8 Å². The first-order valence-corrected chi connectivity index (χ1v) is 6.72. The summed E-state index contributed by atoms with van der Waals surface area (Å²) in [4.78, 5) is 0. The average Bonchev–Trinajstić information content (AvgIpc) is 2.39. The van der Waals surface area contributed by atoms with E-state index in [1.165, 1.54) is 19.3 Å². The molecule has 0 radical (unpaired) electrons. The third-order valence-corrected chi connectivity index (χ3v) is 3.25. The molecule has 0 spiro atoms. The molecule has 0 fully saturated rings. The Hall–Kier alpha value is -0.930. The van der Waals surface area contributed by atoms with Crippen molar-refractivity contribution in [3.8, 4) is 11.5 Å². The molecule has 0 aromatic heterocycles. The molecule has 0 saturated carbocycles. The zero-order valence-corrected chi connectivity index (χ0v) is 12.1. The van der Waals surface area contributed by atoms with Gasteiger partial charge in [0.25, 0.3) is 0 Å². The molecule has 1 rings (SSSR count). The second-order valence-electron chi connectivity index (χ2n) is 4.16. The van der Waals surface area contributed by atoms with Gasteiger partial charge in [0.15, 0.2) is 11.5 Å². The second kappa shape index (κ2) is 8.22. The normalized spacial score (nSPS) is 10.4. The first-order chi connectivity index (χ1) is 8.74. The van der Waals surface area contributed by atoms with Gasteiger partial charge in [0.1, 0.15) is 0 Å². The summed E-state index contributed by atoms with van der Waals surface area (Å²) in [5.74, 6) is 1.27. The topological polar surface area (TPSA) is 30.5 Å². The molecule has 102 valence electrons. The summed E-state index contributed by atoms with van der Waals surface area (Å²) in [6, 6.07) is 3.85. The lowest BCUT2D eigenvalue weighted by molar-refractivity contribution is 0.354. The summed E-state index contributed by atoms with van der Waals surface area (Å²) in [6.45, 7) is 3.96.